The number of amides is 4. The Balaban J connectivity index is 2.14. The van der Waals surface area contributed by atoms with Crippen molar-refractivity contribution < 1.29 is 23.9 Å². The van der Waals surface area contributed by atoms with Crippen LogP contribution >= 0.6 is 0 Å². The van der Waals surface area contributed by atoms with Crippen LogP contribution in [0.25, 0.3) is 0 Å². The van der Waals surface area contributed by atoms with E-state index in [0.29, 0.717) is 5.56 Å². The molecule has 25 heavy (non-hydrogen) atoms. The molecule has 1 aliphatic heterocycles. The summed E-state index contributed by atoms with van der Waals surface area (Å²) in [5.41, 5.74) is -0.567. The van der Waals surface area contributed by atoms with E-state index in [2.05, 4.69) is 5.32 Å². The molecular weight excluding hydrogens is 326 g/mol. The summed E-state index contributed by atoms with van der Waals surface area (Å²) in [6, 6.07) is 7.88. The Kier molecular flexibility index (Phi) is 5.10. The number of nitrogens with one attached hydrogen (secondary N) is 1. The normalized spacial score (nSPS) is 17.0. The lowest BCUT2D eigenvalue weighted by atomic mass is 10.1. The van der Waals surface area contributed by atoms with Gasteiger partial charge in [0.25, 0.3) is 11.8 Å². The van der Waals surface area contributed by atoms with Crippen LogP contribution in [0.15, 0.2) is 30.3 Å². The third-order valence-corrected chi connectivity index (χ3v) is 3.75. The van der Waals surface area contributed by atoms with Crippen LogP contribution in [0.3, 0.4) is 0 Å². The number of urea groups is 1. The van der Waals surface area contributed by atoms with Gasteiger partial charge in [-0.15, -0.1) is 0 Å². The number of benzene rings is 1. The van der Waals surface area contributed by atoms with Crippen molar-refractivity contribution in [3.63, 3.8) is 0 Å². The van der Waals surface area contributed by atoms with E-state index in [9.17, 15) is 19.2 Å². The summed E-state index contributed by atoms with van der Waals surface area (Å²) in [7, 11) is 3.10. The Labute approximate surface area is 145 Å². The summed E-state index contributed by atoms with van der Waals surface area (Å²) in [6.45, 7) is 2.53. The first-order valence-corrected chi connectivity index (χ1v) is 7.73. The third kappa shape index (κ3) is 3.96. The third-order valence-electron chi connectivity index (χ3n) is 3.75. The highest BCUT2D eigenvalue weighted by atomic mass is 16.5. The Morgan fingerprint density at radius 1 is 1.20 bits per heavy atom. The van der Waals surface area contributed by atoms with E-state index in [1.165, 1.54) is 4.90 Å². The van der Waals surface area contributed by atoms with E-state index < -0.39 is 42.0 Å². The molecule has 1 aliphatic rings. The summed E-state index contributed by atoms with van der Waals surface area (Å²) >= 11 is 0. The van der Waals surface area contributed by atoms with Gasteiger partial charge in [-0.25, -0.2) is 4.79 Å². The number of rotatable bonds is 5. The number of carbonyl (C=O) groups is 4. The van der Waals surface area contributed by atoms with E-state index in [0.717, 1.165) is 4.90 Å². The largest absolute Gasteiger partial charge is 0.446 e. The molecule has 1 heterocycles. The van der Waals surface area contributed by atoms with Crippen LogP contribution < -0.4 is 5.32 Å². The molecule has 0 radical (unpaired) electrons. The van der Waals surface area contributed by atoms with Crippen molar-refractivity contribution >= 4 is 23.8 Å². The molecule has 0 bridgehead atoms. The van der Waals surface area contributed by atoms with Gasteiger partial charge in [0.2, 0.25) is 6.10 Å². The van der Waals surface area contributed by atoms with Gasteiger partial charge in [-0.2, -0.15) is 0 Å². The number of ether oxygens (including phenoxy) is 1. The number of carbonyl (C=O) groups excluding carboxylic acids is 4. The molecule has 4 amide bonds. The number of imide groups is 1. The van der Waals surface area contributed by atoms with Gasteiger partial charge >= 0.3 is 12.0 Å². The molecule has 0 unspecified atom stereocenters. The molecule has 1 saturated heterocycles. The lowest BCUT2D eigenvalue weighted by molar-refractivity contribution is -0.161. The summed E-state index contributed by atoms with van der Waals surface area (Å²) in [5.74, 6) is -1.79. The molecule has 0 aliphatic carbocycles. The van der Waals surface area contributed by atoms with Crippen LogP contribution in [0, 0.1) is 0 Å². The molecule has 8 heteroatoms. The molecule has 0 saturated carbocycles. The molecule has 2 rings (SSSR count). The minimum absolute atomic E-state index is 0.419. The van der Waals surface area contributed by atoms with Gasteiger partial charge in [-0.3, -0.25) is 19.3 Å². The fourth-order valence-corrected chi connectivity index (χ4v) is 2.38. The second-order valence-electron chi connectivity index (χ2n) is 6.46. The SMILES string of the molecule is CN(C)C(=O)[C@@H](OC(=O)CN1C(=O)NC(C)(C)C1=O)c1ccccc1. The zero-order chi connectivity index (χ0) is 18.8. The van der Waals surface area contributed by atoms with Gasteiger partial charge in [0.1, 0.15) is 12.1 Å². The van der Waals surface area contributed by atoms with E-state index in [1.54, 1.807) is 58.3 Å². The molecule has 8 nitrogen and oxygen atoms in total. The Morgan fingerprint density at radius 2 is 1.80 bits per heavy atom. The highest BCUT2D eigenvalue weighted by molar-refractivity contribution is 6.08. The van der Waals surface area contributed by atoms with Gasteiger partial charge in [-0.05, 0) is 13.8 Å². The topological polar surface area (TPSA) is 96.0 Å². The average Bonchev–Trinajstić information content (AvgIpc) is 2.74. The van der Waals surface area contributed by atoms with Crippen molar-refractivity contribution in [1.82, 2.24) is 15.1 Å². The first-order valence-electron chi connectivity index (χ1n) is 7.73. The summed E-state index contributed by atoms with van der Waals surface area (Å²) in [5, 5.41) is 2.48. The summed E-state index contributed by atoms with van der Waals surface area (Å²) < 4.78 is 5.28. The van der Waals surface area contributed by atoms with Crippen LogP contribution in [0.1, 0.15) is 25.5 Å². The standard InChI is InChI=1S/C17H21N3O5/c1-17(2)15(23)20(16(24)18-17)10-12(21)25-13(14(22)19(3)4)11-8-6-5-7-9-11/h5-9,13H,10H2,1-4H3,(H,18,24)/t13-/m0/s1. The number of nitrogens with zero attached hydrogens (tertiary/aromatic N) is 2. The Hall–Kier alpha value is -2.90. The van der Waals surface area contributed by atoms with E-state index in [4.69, 9.17) is 4.74 Å². The van der Waals surface area contributed by atoms with Crippen molar-refractivity contribution in [2.45, 2.75) is 25.5 Å². The monoisotopic (exact) mass is 347 g/mol. The van der Waals surface area contributed by atoms with Crippen molar-refractivity contribution in [1.29, 1.82) is 0 Å². The van der Waals surface area contributed by atoms with E-state index in [1.807, 2.05) is 0 Å². The Bertz CT molecular complexity index is 699. The molecule has 1 aromatic rings. The molecular formula is C17H21N3O5. The minimum Gasteiger partial charge on any atom is -0.446 e. The number of likely N-dealkylation sites (N-methyl/N-ethyl adjacent to an activating group) is 1. The molecule has 0 aromatic heterocycles. The molecule has 1 fully saturated rings. The van der Waals surface area contributed by atoms with Crippen molar-refractivity contribution in [3.8, 4) is 0 Å². The highest BCUT2D eigenvalue weighted by Gasteiger charge is 2.45. The fourth-order valence-electron chi connectivity index (χ4n) is 2.38. The summed E-state index contributed by atoms with van der Waals surface area (Å²) in [4.78, 5) is 50.6. The number of esters is 1. The predicted octanol–water partition coefficient (Wildman–Crippen LogP) is 0.690. The van der Waals surface area contributed by atoms with Gasteiger partial charge in [0, 0.05) is 19.7 Å². The maximum Gasteiger partial charge on any atom is 0.327 e. The first-order chi connectivity index (χ1) is 11.6. The van der Waals surface area contributed by atoms with Crippen LogP contribution in [-0.2, 0) is 19.1 Å². The molecule has 1 N–H and O–H groups in total. The van der Waals surface area contributed by atoms with Crippen molar-refractivity contribution in [2.75, 3.05) is 20.6 Å². The van der Waals surface area contributed by atoms with Crippen molar-refractivity contribution in [3.05, 3.63) is 35.9 Å². The molecule has 134 valence electrons. The van der Waals surface area contributed by atoms with Gasteiger partial charge in [-0.1, -0.05) is 30.3 Å². The number of hydrogen-bond donors (Lipinski definition) is 1. The maximum atomic E-state index is 12.3. The van der Waals surface area contributed by atoms with Crippen LogP contribution in [0.2, 0.25) is 0 Å². The quantitative estimate of drug-likeness (QED) is 0.624. The molecule has 1 atom stereocenters. The van der Waals surface area contributed by atoms with Gasteiger partial charge in [0.15, 0.2) is 0 Å². The molecule has 0 spiro atoms. The minimum atomic E-state index is -1.14. The van der Waals surface area contributed by atoms with Crippen LogP contribution in [-0.4, -0.2) is 59.8 Å². The predicted molar refractivity (Wildman–Crippen MR) is 88.3 cm³/mol. The zero-order valence-corrected chi connectivity index (χ0v) is 14.6. The van der Waals surface area contributed by atoms with Crippen LogP contribution in [0.4, 0.5) is 4.79 Å². The lowest BCUT2D eigenvalue weighted by Gasteiger charge is -2.22. The first kappa shape index (κ1) is 18.4. The molecule has 1 aromatic carbocycles. The second kappa shape index (κ2) is 6.92. The second-order valence-corrected chi connectivity index (χ2v) is 6.46. The smallest absolute Gasteiger partial charge is 0.327 e. The average molecular weight is 347 g/mol. The van der Waals surface area contributed by atoms with E-state index >= 15 is 0 Å². The maximum absolute atomic E-state index is 12.3. The van der Waals surface area contributed by atoms with Crippen molar-refractivity contribution in [2.24, 2.45) is 0 Å². The summed E-state index contributed by atoms with van der Waals surface area (Å²) in [6.07, 6.45) is -1.14. The zero-order valence-electron chi connectivity index (χ0n) is 14.6. The Morgan fingerprint density at radius 3 is 2.28 bits per heavy atom. The fraction of sp³-hybridized carbons (Fsp3) is 0.412. The van der Waals surface area contributed by atoms with Gasteiger partial charge in [0.05, 0.1) is 0 Å². The highest BCUT2D eigenvalue weighted by Crippen LogP contribution is 2.21. The number of hydrogen-bond acceptors (Lipinski definition) is 5. The van der Waals surface area contributed by atoms with E-state index in [-0.39, 0.29) is 0 Å². The lowest BCUT2D eigenvalue weighted by Crippen LogP contribution is -2.41. The van der Waals surface area contributed by atoms with Crippen LogP contribution in [0.5, 0.6) is 0 Å². The van der Waals surface area contributed by atoms with Gasteiger partial charge < -0.3 is 15.0 Å².